The first kappa shape index (κ1) is 13.5. The Morgan fingerprint density at radius 1 is 1.22 bits per heavy atom. The largest absolute Gasteiger partial charge is 0.232 e. The van der Waals surface area contributed by atoms with Gasteiger partial charge in [-0.2, -0.15) is 0 Å². The molecule has 0 aliphatic carbocycles. The van der Waals surface area contributed by atoms with Crippen molar-refractivity contribution in [2.75, 3.05) is 0 Å². The first-order chi connectivity index (χ1) is 8.49. The van der Waals surface area contributed by atoms with E-state index in [0.717, 1.165) is 27.1 Å². The topological polar surface area (TPSA) is 25.8 Å². The molecule has 0 fully saturated rings. The molecular weight excluding hydrogens is 312 g/mol. The summed E-state index contributed by atoms with van der Waals surface area (Å²) in [7, 11) is 0. The lowest BCUT2D eigenvalue weighted by molar-refractivity contribution is 0.773. The molecule has 2 aromatic rings. The quantitative estimate of drug-likeness (QED) is 0.727. The summed E-state index contributed by atoms with van der Waals surface area (Å²) in [6.07, 6.45) is 0. The third kappa shape index (κ3) is 2.73. The molecular formula is C14H14BrClN2. The number of hydrogen-bond donors (Lipinski definition) is 0. The van der Waals surface area contributed by atoms with Crippen molar-refractivity contribution in [1.82, 2.24) is 9.97 Å². The molecule has 2 rings (SSSR count). The van der Waals surface area contributed by atoms with Crippen LogP contribution in [0.5, 0.6) is 0 Å². The zero-order valence-corrected chi connectivity index (χ0v) is 12.9. The second kappa shape index (κ2) is 5.37. The van der Waals surface area contributed by atoms with Gasteiger partial charge in [-0.3, -0.25) is 0 Å². The molecule has 0 aliphatic rings. The Balaban J connectivity index is 2.63. The highest BCUT2D eigenvalue weighted by Crippen LogP contribution is 2.28. The average Bonchev–Trinajstić information content (AvgIpc) is 2.32. The number of hydrogen-bond acceptors (Lipinski definition) is 2. The Morgan fingerprint density at radius 3 is 2.56 bits per heavy atom. The molecule has 0 saturated carbocycles. The van der Waals surface area contributed by atoms with Crippen LogP contribution in [0.4, 0.5) is 0 Å². The molecule has 1 aromatic carbocycles. The van der Waals surface area contributed by atoms with Crippen LogP contribution in [0.2, 0.25) is 5.15 Å². The maximum Gasteiger partial charge on any atom is 0.136 e. The van der Waals surface area contributed by atoms with Crippen molar-refractivity contribution in [3.05, 3.63) is 45.3 Å². The molecule has 1 aromatic heterocycles. The Bertz CT molecular complexity index is 582. The molecule has 4 heteroatoms. The Kier molecular flexibility index (Phi) is 4.03. The SMILES string of the molecule is Cc1c(Cl)nc(C(C)C)nc1-c1cccc(Br)c1. The molecule has 0 amide bonds. The van der Waals surface area contributed by atoms with Gasteiger partial charge in [-0.1, -0.05) is 53.5 Å². The normalized spacial score (nSPS) is 11.0. The van der Waals surface area contributed by atoms with Gasteiger partial charge in [0.25, 0.3) is 0 Å². The number of halogens is 2. The van der Waals surface area contributed by atoms with Crippen molar-refractivity contribution in [3.63, 3.8) is 0 Å². The zero-order chi connectivity index (χ0) is 13.3. The van der Waals surface area contributed by atoms with Gasteiger partial charge >= 0.3 is 0 Å². The molecule has 0 N–H and O–H groups in total. The highest BCUT2D eigenvalue weighted by molar-refractivity contribution is 9.10. The minimum atomic E-state index is 0.258. The molecule has 0 atom stereocenters. The summed E-state index contributed by atoms with van der Waals surface area (Å²) in [6.45, 7) is 6.07. The van der Waals surface area contributed by atoms with E-state index in [4.69, 9.17) is 11.6 Å². The molecule has 94 valence electrons. The van der Waals surface area contributed by atoms with E-state index in [1.165, 1.54) is 0 Å². The standard InChI is InChI=1S/C14H14BrClN2/c1-8(2)14-17-12(9(3)13(16)18-14)10-5-4-6-11(15)7-10/h4-8H,1-3H3. The monoisotopic (exact) mass is 324 g/mol. The molecule has 1 heterocycles. The van der Waals surface area contributed by atoms with Crippen molar-refractivity contribution in [3.8, 4) is 11.3 Å². The third-order valence-electron chi connectivity index (χ3n) is 2.72. The molecule has 0 unspecified atom stereocenters. The minimum Gasteiger partial charge on any atom is -0.232 e. The average molecular weight is 326 g/mol. The molecule has 0 aliphatic heterocycles. The summed E-state index contributed by atoms with van der Waals surface area (Å²) in [4.78, 5) is 8.95. The van der Waals surface area contributed by atoms with Crippen LogP contribution < -0.4 is 0 Å². The number of nitrogens with zero attached hydrogens (tertiary/aromatic N) is 2. The summed E-state index contributed by atoms with van der Waals surface area (Å²) in [5.74, 6) is 1.04. The highest BCUT2D eigenvalue weighted by Gasteiger charge is 2.13. The van der Waals surface area contributed by atoms with Crippen molar-refractivity contribution in [2.45, 2.75) is 26.7 Å². The maximum absolute atomic E-state index is 6.19. The van der Waals surface area contributed by atoms with E-state index in [0.29, 0.717) is 5.15 Å². The van der Waals surface area contributed by atoms with Crippen LogP contribution in [0, 0.1) is 6.92 Å². The molecule has 2 nitrogen and oxygen atoms in total. The van der Waals surface area contributed by atoms with Gasteiger partial charge in [-0.05, 0) is 19.1 Å². The summed E-state index contributed by atoms with van der Waals surface area (Å²) in [6, 6.07) is 8.05. The lowest BCUT2D eigenvalue weighted by Crippen LogP contribution is -2.02. The molecule has 0 spiro atoms. The molecule has 0 saturated heterocycles. The van der Waals surface area contributed by atoms with Crippen LogP contribution in [0.3, 0.4) is 0 Å². The van der Waals surface area contributed by atoms with Crippen LogP contribution in [0.15, 0.2) is 28.7 Å². The summed E-state index contributed by atoms with van der Waals surface area (Å²) in [5.41, 5.74) is 2.87. The first-order valence-electron chi connectivity index (χ1n) is 5.79. The predicted octanol–water partition coefficient (Wildman–Crippen LogP) is 4.99. The molecule has 0 radical (unpaired) electrons. The minimum absolute atomic E-state index is 0.258. The Hall–Kier alpha value is -0.930. The van der Waals surface area contributed by atoms with E-state index >= 15 is 0 Å². The lowest BCUT2D eigenvalue weighted by Gasteiger charge is -2.11. The van der Waals surface area contributed by atoms with E-state index in [2.05, 4.69) is 39.7 Å². The van der Waals surface area contributed by atoms with Crippen molar-refractivity contribution in [2.24, 2.45) is 0 Å². The van der Waals surface area contributed by atoms with Gasteiger partial charge in [0.05, 0.1) is 5.69 Å². The second-order valence-electron chi connectivity index (χ2n) is 4.51. The van der Waals surface area contributed by atoms with Gasteiger partial charge in [-0.25, -0.2) is 9.97 Å². The van der Waals surface area contributed by atoms with Gasteiger partial charge in [0, 0.05) is 21.5 Å². The highest BCUT2D eigenvalue weighted by atomic mass is 79.9. The summed E-state index contributed by atoms with van der Waals surface area (Å²) in [5, 5.41) is 0.531. The van der Waals surface area contributed by atoms with Crippen LogP contribution in [0.25, 0.3) is 11.3 Å². The second-order valence-corrected chi connectivity index (χ2v) is 5.78. The first-order valence-corrected chi connectivity index (χ1v) is 6.96. The van der Waals surface area contributed by atoms with Gasteiger partial charge in [0.15, 0.2) is 0 Å². The van der Waals surface area contributed by atoms with Crippen LogP contribution >= 0.6 is 27.5 Å². The van der Waals surface area contributed by atoms with E-state index in [-0.39, 0.29) is 5.92 Å². The van der Waals surface area contributed by atoms with Crippen LogP contribution in [-0.2, 0) is 0 Å². The maximum atomic E-state index is 6.19. The summed E-state index contributed by atoms with van der Waals surface area (Å²) >= 11 is 9.66. The Morgan fingerprint density at radius 2 is 1.94 bits per heavy atom. The zero-order valence-electron chi connectivity index (χ0n) is 10.5. The van der Waals surface area contributed by atoms with E-state index < -0.39 is 0 Å². The predicted molar refractivity (Wildman–Crippen MR) is 79.0 cm³/mol. The molecule has 18 heavy (non-hydrogen) atoms. The number of aromatic nitrogens is 2. The fourth-order valence-corrected chi connectivity index (χ4v) is 2.26. The van der Waals surface area contributed by atoms with E-state index in [1.54, 1.807) is 0 Å². The van der Waals surface area contributed by atoms with Crippen molar-refractivity contribution in [1.29, 1.82) is 0 Å². The fourth-order valence-electron chi connectivity index (χ4n) is 1.68. The molecule has 0 bridgehead atoms. The number of rotatable bonds is 2. The van der Waals surface area contributed by atoms with E-state index in [9.17, 15) is 0 Å². The van der Waals surface area contributed by atoms with Crippen LogP contribution in [-0.4, -0.2) is 9.97 Å². The van der Waals surface area contributed by atoms with Gasteiger partial charge < -0.3 is 0 Å². The smallest absolute Gasteiger partial charge is 0.136 e. The third-order valence-corrected chi connectivity index (χ3v) is 3.58. The fraction of sp³-hybridized carbons (Fsp3) is 0.286. The Labute approximate surface area is 121 Å². The van der Waals surface area contributed by atoms with Gasteiger partial charge in [0.2, 0.25) is 0 Å². The number of benzene rings is 1. The van der Waals surface area contributed by atoms with Gasteiger partial charge in [0.1, 0.15) is 11.0 Å². The van der Waals surface area contributed by atoms with Crippen LogP contribution in [0.1, 0.15) is 31.2 Å². The van der Waals surface area contributed by atoms with Crippen molar-refractivity contribution >= 4 is 27.5 Å². The van der Waals surface area contributed by atoms with Crippen molar-refractivity contribution < 1.29 is 0 Å². The van der Waals surface area contributed by atoms with E-state index in [1.807, 2.05) is 31.2 Å². The lowest BCUT2D eigenvalue weighted by atomic mass is 10.1. The summed E-state index contributed by atoms with van der Waals surface area (Å²) < 4.78 is 1.03. The van der Waals surface area contributed by atoms with Gasteiger partial charge in [-0.15, -0.1) is 0 Å².